The van der Waals surface area contributed by atoms with Gasteiger partial charge in [0.15, 0.2) is 0 Å². The molecule has 0 atom stereocenters. The smallest absolute Gasteiger partial charge is 0.0474 e. The van der Waals surface area contributed by atoms with Gasteiger partial charge < -0.3 is 5.32 Å². The molecule has 0 aliphatic carbocycles. The highest BCUT2D eigenvalue weighted by Crippen LogP contribution is 2.08. The van der Waals surface area contributed by atoms with E-state index in [2.05, 4.69) is 35.4 Å². The summed E-state index contributed by atoms with van der Waals surface area (Å²) in [6, 6.07) is 10.5. The fourth-order valence-electron chi connectivity index (χ4n) is 1.89. The fraction of sp³-hybridized carbons (Fsp3) is 0.267. The van der Waals surface area contributed by atoms with Crippen molar-refractivity contribution in [2.24, 2.45) is 0 Å². The summed E-state index contributed by atoms with van der Waals surface area (Å²) in [6.07, 6.45) is 3.77. The molecule has 0 aliphatic heterocycles. The summed E-state index contributed by atoms with van der Waals surface area (Å²) in [5.74, 6) is 0.565. The maximum atomic E-state index is 5.82. The first-order chi connectivity index (χ1) is 8.78. The predicted octanol–water partition coefficient (Wildman–Crippen LogP) is 3.42. The average molecular weight is 261 g/mol. The number of nitrogens with one attached hydrogen (secondary N) is 1. The standard InChI is InChI=1S/C15H17ClN2/c1-12-5-15(10-17-8-12)11-18-9-14-4-2-3-13(6-14)7-16/h2-6,8,10,18H,7,9,11H2,1H3. The molecule has 1 heterocycles. The molecule has 0 amide bonds. The van der Waals surface area contributed by atoms with Crippen LogP contribution in [0.25, 0.3) is 0 Å². The third-order valence-corrected chi connectivity index (χ3v) is 3.04. The molecule has 0 radical (unpaired) electrons. The molecule has 0 aliphatic rings. The van der Waals surface area contributed by atoms with Crippen molar-refractivity contribution < 1.29 is 0 Å². The number of rotatable bonds is 5. The molecule has 94 valence electrons. The maximum absolute atomic E-state index is 5.82. The van der Waals surface area contributed by atoms with Crippen LogP contribution in [-0.4, -0.2) is 4.98 Å². The quantitative estimate of drug-likeness (QED) is 0.834. The Morgan fingerprint density at radius 1 is 1.06 bits per heavy atom. The number of halogens is 1. The van der Waals surface area contributed by atoms with E-state index in [4.69, 9.17) is 11.6 Å². The summed E-state index contributed by atoms with van der Waals surface area (Å²) in [6.45, 7) is 3.74. The monoisotopic (exact) mass is 260 g/mol. The van der Waals surface area contributed by atoms with Crippen LogP contribution in [0, 0.1) is 6.92 Å². The molecule has 2 nitrogen and oxygen atoms in total. The van der Waals surface area contributed by atoms with Crippen LogP contribution in [0.4, 0.5) is 0 Å². The molecule has 2 aromatic rings. The Morgan fingerprint density at radius 3 is 2.61 bits per heavy atom. The van der Waals surface area contributed by atoms with Crippen LogP contribution >= 0.6 is 11.6 Å². The lowest BCUT2D eigenvalue weighted by Crippen LogP contribution is -2.13. The van der Waals surface area contributed by atoms with Crippen LogP contribution < -0.4 is 5.32 Å². The van der Waals surface area contributed by atoms with Crippen molar-refractivity contribution in [1.29, 1.82) is 0 Å². The van der Waals surface area contributed by atoms with Crippen molar-refractivity contribution in [3.8, 4) is 0 Å². The minimum absolute atomic E-state index is 0.565. The van der Waals surface area contributed by atoms with Crippen LogP contribution in [0.15, 0.2) is 42.7 Å². The second kappa shape index (κ2) is 6.53. The normalized spacial score (nSPS) is 10.6. The largest absolute Gasteiger partial charge is 0.309 e. The topological polar surface area (TPSA) is 24.9 Å². The minimum atomic E-state index is 0.565. The van der Waals surface area contributed by atoms with E-state index in [1.807, 2.05) is 24.5 Å². The minimum Gasteiger partial charge on any atom is -0.309 e. The van der Waals surface area contributed by atoms with Gasteiger partial charge in [-0.2, -0.15) is 0 Å². The van der Waals surface area contributed by atoms with E-state index in [1.54, 1.807) is 0 Å². The van der Waals surface area contributed by atoms with Gasteiger partial charge in [-0.3, -0.25) is 4.98 Å². The van der Waals surface area contributed by atoms with Gasteiger partial charge in [-0.1, -0.05) is 30.3 Å². The number of nitrogens with zero attached hydrogens (tertiary/aromatic N) is 1. The van der Waals surface area contributed by atoms with Gasteiger partial charge in [-0.25, -0.2) is 0 Å². The first-order valence-electron chi connectivity index (χ1n) is 6.03. The van der Waals surface area contributed by atoms with E-state index in [9.17, 15) is 0 Å². The lowest BCUT2D eigenvalue weighted by molar-refractivity contribution is 0.690. The Bertz CT molecular complexity index is 511. The zero-order valence-electron chi connectivity index (χ0n) is 10.5. The summed E-state index contributed by atoms with van der Waals surface area (Å²) < 4.78 is 0. The maximum Gasteiger partial charge on any atom is 0.0474 e. The molecule has 2 rings (SSSR count). The molecule has 0 spiro atoms. The molecule has 3 heteroatoms. The zero-order valence-corrected chi connectivity index (χ0v) is 11.2. The molecular formula is C15H17ClN2. The Kier molecular flexibility index (Phi) is 4.73. The molecule has 18 heavy (non-hydrogen) atoms. The summed E-state index contributed by atoms with van der Waals surface area (Å²) in [5, 5.41) is 3.41. The van der Waals surface area contributed by atoms with Crippen LogP contribution in [0.2, 0.25) is 0 Å². The summed E-state index contributed by atoms with van der Waals surface area (Å²) in [7, 11) is 0. The van der Waals surface area contributed by atoms with Crippen molar-refractivity contribution in [3.05, 3.63) is 65.0 Å². The van der Waals surface area contributed by atoms with Gasteiger partial charge in [0.1, 0.15) is 0 Å². The Labute approximate surface area is 113 Å². The van der Waals surface area contributed by atoms with Gasteiger partial charge >= 0.3 is 0 Å². The molecule has 0 bridgehead atoms. The van der Waals surface area contributed by atoms with Gasteiger partial charge in [0.05, 0.1) is 0 Å². The molecule has 1 aromatic heterocycles. The molecule has 0 unspecified atom stereocenters. The number of benzene rings is 1. The number of aryl methyl sites for hydroxylation is 1. The van der Waals surface area contributed by atoms with Crippen LogP contribution in [0.1, 0.15) is 22.3 Å². The second-order valence-corrected chi connectivity index (χ2v) is 4.69. The van der Waals surface area contributed by atoms with E-state index in [-0.39, 0.29) is 0 Å². The highest BCUT2D eigenvalue weighted by molar-refractivity contribution is 6.17. The predicted molar refractivity (Wildman–Crippen MR) is 75.5 cm³/mol. The molecule has 1 N–H and O–H groups in total. The summed E-state index contributed by atoms with van der Waals surface area (Å²) in [5.41, 5.74) is 4.82. The SMILES string of the molecule is Cc1cncc(CNCc2cccc(CCl)c2)c1. The average Bonchev–Trinajstić information content (AvgIpc) is 2.39. The first-order valence-corrected chi connectivity index (χ1v) is 6.56. The van der Waals surface area contributed by atoms with E-state index in [0.29, 0.717) is 5.88 Å². The highest BCUT2D eigenvalue weighted by atomic mass is 35.5. The van der Waals surface area contributed by atoms with Crippen LogP contribution in [-0.2, 0) is 19.0 Å². The molecule has 0 saturated heterocycles. The van der Waals surface area contributed by atoms with Crippen LogP contribution in [0.5, 0.6) is 0 Å². The summed E-state index contributed by atoms with van der Waals surface area (Å²) in [4.78, 5) is 4.18. The molecule has 0 fully saturated rings. The zero-order chi connectivity index (χ0) is 12.8. The third-order valence-electron chi connectivity index (χ3n) is 2.74. The molecular weight excluding hydrogens is 244 g/mol. The number of aromatic nitrogens is 1. The number of pyridine rings is 1. The second-order valence-electron chi connectivity index (χ2n) is 4.43. The Balaban J connectivity index is 1.88. The molecule has 1 aromatic carbocycles. The number of hydrogen-bond donors (Lipinski definition) is 1. The van der Waals surface area contributed by atoms with Crippen molar-refractivity contribution in [3.63, 3.8) is 0 Å². The third kappa shape index (κ3) is 3.83. The number of alkyl halides is 1. The van der Waals surface area contributed by atoms with Gasteiger partial charge in [-0.05, 0) is 29.2 Å². The van der Waals surface area contributed by atoms with Crippen molar-refractivity contribution in [1.82, 2.24) is 10.3 Å². The van der Waals surface area contributed by atoms with Crippen molar-refractivity contribution in [2.75, 3.05) is 0 Å². The van der Waals surface area contributed by atoms with E-state index < -0.39 is 0 Å². The Hall–Kier alpha value is -1.38. The van der Waals surface area contributed by atoms with E-state index >= 15 is 0 Å². The van der Waals surface area contributed by atoms with Crippen molar-refractivity contribution in [2.45, 2.75) is 25.9 Å². The number of hydrogen-bond acceptors (Lipinski definition) is 2. The lowest BCUT2D eigenvalue weighted by atomic mass is 10.1. The van der Waals surface area contributed by atoms with Gasteiger partial charge in [0, 0.05) is 31.4 Å². The molecule has 0 saturated carbocycles. The van der Waals surface area contributed by atoms with Crippen molar-refractivity contribution >= 4 is 11.6 Å². The fourth-order valence-corrected chi connectivity index (χ4v) is 2.05. The van der Waals surface area contributed by atoms with E-state index in [1.165, 1.54) is 16.7 Å². The van der Waals surface area contributed by atoms with Crippen LogP contribution in [0.3, 0.4) is 0 Å². The first kappa shape index (κ1) is 13.1. The van der Waals surface area contributed by atoms with Gasteiger partial charge in [0.25, 0.3) is 0 Å². The van der Waals surface area contributed by atoms with Gasteiger partial charge in [-0.15, -0.1) is 11.6 Å². The highest BCUT2D eigenvalue weighted by Gasteiger charge is 1.97. The summed E-state index contributed by atoms with van der Waals surface area (Å²) >= 11 is 5.82. The van der Waals surface area contributed by atoms with E-state index in [0.717, 1.165) is 18.7 Å². The van der Waals surface area contributed by atoms with Gasteiger partial charge in [0.2, 0.25) is 0 Å². The lowest BCUT2D eigenvalue weighted by Gasteiger charge is -2.06. The Morgan fingerprint density at radius 2 is 1.83 bits per heavy atom.